The Bertz CT molecular complexity index is 1330. The molecule has 0 spiro atoms. The summed E-state index contributed by atoms with van der Waals surface area (Å²) in [5.41, 5.74) is 11.5. The van der Waals surface area contributed by atoms with Gasteiger partial charge in [0, 0.05) is 23.3 Å². The lowest BCUT2D eigenvalue weighted by molar-refractivity contribution is 0.830. The van der Waals surface area contributed by atoms with E-state index < -0.39 is 0 Å². The van der Waals surface area contributed by atoms with E-state index in [1.165, 1.54) is 33.4 Å². The summed E-state index contributed by atoms with van der Waals surface area (Å²) in [6.07, 6.45) is 2.21. The molecule has 3 heteroatoms. The van der Waals surface area contributed by atoms with Crippen LogP contribution in [0.4, 0.5) is 17.1 Å². The minimum Gasteiger partial charge on any atom is -0.340 e. The molecule has 3 nitrogen and oxygen atoms in total. The fourth-order valence-electron chi connectivity index (χ4n) is 5.27. The number of hydrogen-bond acceptors (Lipinski definition) is 3. The summed E-state index contributed by atoms with van der Waals surface area (Å²) >= 11 is 0. The average molecular weight is 564 g/mol. The molecule has 0 saturated carbocycles. The first kappa shape index (κ1) is 31.7. The molecule has 0 fully saturated rings. The number of hydrogen-bond donors (Lipinski definition) is 1. The number of nitrogens with one attached hydrogen (secondary N) is 1. The van der Waals surface area contributed by atoms with Gasteiger partial charge in [0.05, 0.1) is 0 Å². The van der Waals surface area contributed by atoms with E-state index in [2.05, 4.69) is 166 Å². The molecule has 0 atom stereocenters. The topological polar surface area (TPSA) is 18.5 Å². The van der Waals surface area contributed by atoms with Crippen molar-refractivity contribution in [3.8, 4) is 0 Å². The summed E-state index contributed by atoms with van der Waals surface area (Å²) in [5, 5.41) is 3.83. The van der Waals surface area contributed by atoms with Gasteiger partial charge in [-0.3, -0.25) is 4.90 Å². The van der Waals surface area contributed by atoms with Crippen molar-refractivity contribution < 1.29 is 0 Å². The van der Waals surface area contributed by atoms with E-state index in [4.69, 9.17) is 0 Å². The molecule has 0 aromatic heterocycles. The standard InChI is InChI=1S/C39H53N3/c1-24(2)30-13-31(25(3)4)17-36(16-30)40-39-22-41(37-18-32(26(5)6)14-33(19-37)27(7)8)23-42(39)38-20-34(28(9)10)15-35(21-38)29(11)12/h13-22,24-29,40H,1-12H3. The second kappa shape index (κ2) is 13.0. The van der Waals surface area contributed by atoms with Gasteiger partial charge < -0.3 is 10.2 Å². The molecule has 0 amide bonds. The maximum absolute atomic E-state index is 3.83. The van der Waals surface area contributed by atoms with Gasteiger partial charge in [-0.05, 0) is 105 Å². The van der Waals surface area contributed by atoms with Crippen molar-refractivity contribution in [1.29, 1.82) is 0 Å². The molecule has 3 aromatic carbocycles. The van der Waals surface area contributed by atoms with Gasteiger partial charge in [-0.1, -0.05) is 101 Å². The summed E-state index contributed by atoms with van der Waals surface area (Å²) in [7, 11) is 0. The van der Waals surface area contributed by atoms with E-state index in [9.17, 15) is 0 Å². The third-order valence-corrected chi connectivity index (χ3v) is 8.41. The van der Waals surface area contributed by atoms with E-state index in [1.807, 2.05) is 0 Å². The van der Waals surface area contributed by atoms with Gasteiger partial charge in [0.15, 0.2) is 0 Å². The first-order valence-corrected chi connectivity index (χ1v) is 16.0. The number of rotatable bonds is 10. The van der Waals surface area contributed by atoms with Crippen molar-refractivity contribution in [2.75, 3.05) is 15.1 Å². The van der Waals surface area contributed by atoms with Gasteiger partial charge in [0.1, 0.15) is 5.82 Å². The predicted octanol–water partition coefficient (Wildman–Crippen LogP) is 11.7. The third kappa shape index (κ3) is 7.22. The van der Waals surface area contributed by atoms with Crippen molar-refractivity contribution in [2.45, 2.75) is 119 Å². The maximum Gasteiger partial charge on any atom is 0.219 e. The Balaban J connectivity index is 1.85. The van der Waals surface area contributed by atoms with Crippen LogP contribution in [0, 0.1) is 6.67 Å². The Kier molecular flexibility index (Phi) is 9.81. The minimum atomic E-state index is 0.439. The molecular formula is C39H53N3. The minimum absolute atomic E-state index is 0.439. The Morgan fingerprint density at radius 3 is 1.14 bits per heavy atom. The number of nitrogens with zero attached hydrogens (tertiary/aromatic N) is 2. The van der Waals surface area contributed by atoms with Gasteiger partial charge in [-0.15, -0.1) is 0 Å². The van der Waals surface area contributed by atoms with Crippen LogP contribution in [0.3, 0.4) is 0 Å². The molecule has 2 radical (unpaired) electrons. The van der Waals surface area contributed by atoms with Crippen LogP contribution in [0.1, 0.15) is 152 Å². The van der Waals surface area contributed by atoms with Gasteiger partial charge in [0.2, 0.25) is 6.67 Å². The van der Waals surface area contributed by atoms with Crippen molar-refractivity contribution in [3.05, 3.63) is 107 Å². The third-order valence-electron chi connectivity index (χ3n) is 8.41. The molecule has 0 bridgehead atoms. The zero-order valence-corrected chi connectivity index (χ0v) is 28.1. The first-order valence-electron chi connectivity index (χ1n) is 16.0. The highest BCUT2D eigenvalue weighted by Crippen LogP contribution is 2.38. The molecule has 1 heterocycles. The van der Waals surface area contributed by atoms with Gasteiger partial charge in [0.25, 0.3) is 0 Å². The second-order valence-electron chi connectivity index (χ2n) is 14.0. The summed E-state index contributed by atoms with van der Waals surface area (Å²) in [4.78, 5) is 4.39. The second-order valence-corrected chi connectivity index (χ2v) is 14.0. The quantitative estimate of drug-likeness (QED) is 0.265. The molecule has 1 aliphatic heterocycles. The van der Waals surface area contributed by atoms with Crippen LogP contribution < -0.4 is 15.1 Å². The van der Waals surface area contributed by atoms with Crippen LogP contribution in [0.2, 0.25) is 0 Å². The summed E-state index contributed by atoms with van der Waals surface area (Å²) in [6, 6.07) is 21.0. The fraction of sp³-hybridized carbons (Fsp3) is 0.462. The predicted molar refractivity (Wildman–Crippen MR) is 184 cm³/mol. The smallest absolute Gasteiger partial charge is 0.219 e. The zero-order valence-electron chi connectivity index (χ0n) is 28.1. The average Bonchev–Trinajstić information content (AvgIpc) is 3.35. The van der Waals surface area contributed by atoms with Crippen molar-refractivity contribution in [1.82, 2.24) is 0 Å². The molecule has 0 aliphatic carbocycles. The molecule has 0 unspecified atom stereocenters. The van der Waals surface area contributed by atoms with Crippen LogP contribution in [0.25, 0.3) is 0 Å². The van der Waals surface area contributed by atoms with Crippen molar-refractivity contribution in [2.24, 2.45) is 0 Å². The van der Waals surface area contributed by atoms with Gasteiger partial charge >= 0.3 is 0 Å². The molecule has 3 aromatic rings. The zero-order chi connectivity index (χ0) is 30.9. The van der Waals surface area contributed by atoms with Crippen LogP contribution >= 0.6 is 0 Å². The lowest BCUT2D eigenvalue weighted by Gasteiger charge is -2.26. The number of benzene rings is 3. The fourth-order valence-corrected chi connectivity index (χ4v) is 5.27. The van der Waals surface area contributed by atoms with E-state index in [-0.39, 0.29) is 0 Å². The SMILES string of the molecule is CC(C)c1cc(NC2=CN(c3cc(C(C)C)cc(C(C)C)c3)[C]N2c2cc(C(C)C)cc(C(C)C)c2)cc(C(C)C)c1. The van der Waals surface area contributed by atoms with Crippen molar-refractivity contribution >= 4 is 17.1 Å². The summed E-state index contributed by atoms with van der Waals surface area (Å²) < 4.78 is 0. The molecule has 1 N–H and O–H groups in total. The molecule has 42 heavy (non-hydrogen) atoms. The lowest BCUT2D eigenvalue weighted by Crippen LogP contribution is -2.24. The van der Waals surface area contributed by atoms with E-state index in [0.717, 1.165) is 22.9 Å². The monoisotopic (exact) mass is 563 g/mol. The first-order chi connectivity index (χ1) is 19.7. The highest BCUT2D eigenvalue weighted by Gasteiger charge is 2.28. The largest absolute Gasteiger partial charge is 0.340 e. The molecule has 1 aliphatic rings. The van der Waals surface area contributed by atoms with Gasteiger partial charge in [-0.2, -0.15) is 0 Å². The Labute approximate surface area is 257 Å². The van der Waals surface area contributed by atoms with Crippen LogP contribution in [-0.4, -0.2) is 0 Å². The van der Waals surface area contributed by atoms with Crippen molar-refractivity contribution in [3.63, 3.8) is 0 Å². The van der Waals surface area contributed by atoms with Gasteiger partial charge in [-0.25, -0.2) is 0 Å². The van der Waals surface area contributed by atoms with E-state index in [1.54, 1.807) is 0 Å². The highest BCUT2D eigenvalue weighted by molar-refractivity contribution is 5.71. The van der Waals surface area contributed by atoms with Crippen LogP contribution in [0.5, 0.6) is 0 Å². The molecule has 224 valence electrons. The van der Waals surface area contributed by atoms with E-state index in [0.29, 0.717) is 35.5 Å². The van der Waals surface area contributed by atoms with E-state index >= 15 is 0 Å². The van der Waals surface area contributed by atoms with Crippen LogP contribution in [0.15, 0.2) is 66.6 Å². The highest BCUT2D eigenvalue weighted by atomic mass is 15.4. The molecule has 4 rings (SSSR count). The molecular weight excluding hydrogens is 510 g/mol. The Hall–Kier alpha value is -3.20. The Morgan fingerprint density at radius 2 is 0.786 bits per heavy atom. The normalized spacial score (nSPS) is 14.0. The Morgan fingerprint density at radius 1 is 0.452 bits per heavy atom. The number of anilines is 3. The maximum atomic E-state index is 3.83. The van der Waals surface area contributed by atoms with Crippen LogP contribution in [-0.2, 0) is 0 Å². The summed E-state index contributed by atoms with van der Waals surface area (Å²) in [5.74, 6) is 3.69. The summed E-state index contributed by atoms with van der Waals surface area (Å²) in [6.45, 7) is 31.0. The molecule has 0 saturated heterocycles. The lowest BCUT2D eigenvalue weighted by atomic mass is 9.94.